The number of hydrogen-bond acceptors (Lipinski definition) is 3. The SMILES string of the molecule is Nc1cnc(C(F)F)c(F)c1CC(=O)O. The van der Waals surface area contributed by atoms with Crippen LogP contribution in [0, 0.1) is 5.82 Å². The number of rotatable bonds is 3. The highest BCUT2D eigenvalue weighted by molar-refractivity contribution is 5.72. The van der Waals surface area contributed by atoms with Crippen molar-refractivity contribution in [1.82, 2.24) is 4.98 Å². The van der Waals surface area contributed by atoms with E-state index < -0.39 is 35.9 Å². The number of anilines is 1. The average Bonchev–Trinajstić information content (AvgIpc) is 2.11. The first-order valence-electron chi connectivity index (χ1n) is 3.86. The number of nitrogens with two attached hydrogens (primary N) is 1. The molecule has 0 saturated carbocycles. The molecule has 82 valence electrons. The molecule has 0 unspecified atom stereocenters. The molecule has 0 aliphatic carbocycles. The molecule has 0 amide bonds. The number of alkyl halides is 2. The van der Waals surface area contributed by atoms with Crippen LogP contribution in [0.25, 0.3) is 0 Å². The molecule has 4 nitrogen and oxygen atoms in total. The Labute approximate surface area is 82.5 Å². The summed E-state index contributed by atoms with van der Waals surface area (Å²) in [6.07, 6.45) is -3.03. The minimum Gasteiger partial charge on any atom is -0.481 e. The van der Waals surface area contributed by atoms with Gasteiger partial charge in [0.15, 0.2) is 5.82 Å². The van der Waals surface area contributed by atoms with Crippen molar-refractivity contribution in [3.05, 3.63) is 23.3 Å². The molecule has 0 radical (unpaired) electrons. The second kappa shape index (κ2) is 4.16. The second-order valence-electron chi connectivity index (χ2n) is 2.76. The molecule has 0 aliphatic heterocycles. The minimum atomic E-state index is -3.10. The predicted molar refractivity (Wildman–Crippen MR) is 44.9 cm³/mol. The number of carboxylic acids is 1. The molecule has 1 aromatic rings. The van der Waals surface area contributed by atoms with Crippen LogP contribution < -0.4 is 5.73 Å². The molecule has 1 heterocycles. The Balaban J connectivity index is 3.23. The molecular formula is C8H7F3N2O2. The number of aliphatic carboxylic acids is 1. The number of halogens is 3. The molecule has 1 aromatic heterocycles. The Morgan fingerprint density at radius 2 is 2.20 bits per heavy atom. The Morgan fingerprint density at radius 1 is 1.60 bits per heavy atom. The summed E-state index contributed by atoms with van der Waals surface area (Å²) in [6, 6.07) is 0. The van der Waals surface area contributed by atoms with Crippen LogP contribution in [0.4, 0.5) is 18.9 Å². The van der Waals surface area contributed by atoms with E-state index in [9.17, 15) is 18.0 Å². The van der Waals surface area contributed by atoms with E-state index in [-0.39, 0.29) is 5.69 Å². The van der Waals surface area contributed by atoms with Crippen molar-refractivity contribution >= 4 is 11.7 Å². The maximum Gasteiger partial charge on any atom is 0.308 e. The van der Waals surface area contributed by atoms with E-state index in [2.05, 4.69) is 4.98 Å². The number of hydrogen-bond donors (Lipinski definition) is 2. The Kier molecular flexibility index (Phi) is 3.13. The summed E-state index contributed by atoms with van der Waals surface area (Å²) in [5, 5.41) is 8.42. The molecule has 1 rings (SSSR count). The molecule has 0 spiro atoms. The fraction of sp³-hybridized carbons (Fsp3) is 0.250. The molecule has 0 saturated heterocycles. The summed E-state index contributed by atoms with van der Waals surface area (Å²) in [4.78, 5) is 13.4. The van der Waals surface area contributed by atoms with Crippen LogP contribution in [-0.2, 0) is 11.2 Å². The van der Waals surface area contributed by atoms with Crippen molar-refractivity contribution in [2.45, 2.75) is 12.8 Å². The quantitative estimate of drug-likeness (QED) is 0.806. The van der Waals surface area contributed by atoms with Gasteiger partial charge in [0.25, 0.3) is 6.43 Å². The minimum absolute atomic E-state index is 0.251. The van der Waals surface area contributed by atoms with E-state index >= 15 is 0 Å². The second-order valence-corrected chi connectivity index (χ2v) is 2.76. The van der Waals surface area contributed by atoms with Crippen LogP contribution in [0.15, 0.2) is 6.20 Å². The molecule has 15 heavy (non-hydrogen) atoms. The maximum absolute atomic E-state index is 13.3. The van der Waals surface area contributed by atoms with Gasteiger partial charge in [0.1, 0.15) is 5.69 Å². The highest BCUT2D eigenvalue weighted by atomic mass is 19.3. The lowest BCUT2D eigenvalue weighted by atomic mass is 10.1. The van der Waals surface area contributed by atoms with Crippen molar-refractivity contribution in [1.29, 1.82) is 0 Å². The van der Waals surface area contributed by atoms with Crippen LogP contribution in [-0.4, -0.2) is 16.1 Å². The molecule has 3 N–H and O–H groups in total. The van der Waals surface area contributed by atoms with Crippen molar-refractivity contribution in [2.24, 2.45) is 0 Å². The Morgan fingerprint density at radius 3 is 2.67 bits per heavy atom. The number of carboxylic acid groups (broad SMARTS) is 1. The first kappa shape index (κ1) is 11.3. The van der Waals surface area contributed by atoms with Gasteiger partial charge < -0.3 is 10.8 Å². The number of nitrogens with zero attached hydrogens (tertiary/aromatic N) is 1. The first-order chi connectivity index (χ1) is 6.93. The van der Waals surface area contributed by atoms with Crippen molar-refractivity contribution < 1.29 is 23.1 Å². The Hall–Kier alpha value is -1.79. The van der Waals surface area contributed by atoms with Crippen molar-refractivity contribution in [2.75, 3.05) is 5.73 Å². The van der Waals surface area contributed by atoms with Crippen molar-refractivity contribution in [3.8, 4) is 0 Å². The third kappa shape index (κ3) is 2.36. The fourth-order valence-electron chi connectivity index (χ4n) is 1.04. The predicted octanol–water partition coefficient (Wildman–Crippen LogP) is 1.37. The number of aromatic nitrogens is 1. The zero-order valence-electron chi connectivity index (χ0n) is 7.38. The van der Waals surface area contributed by atoms with Gasteiger partial charge >= 0.3 is 5.97 Å². The van der Waals surface area contributed by atoms with Crippen molar-refractivity contribution in [3.63, 3.8) is 0 Å². The van der Waals surface area contributed by atoms with Gasteiger partial charge in [0, 0.05) is 5.56 Å². The zero-order valence-corrected chi connectivity index (χ0v) is 7.38. The lowest BCUT2D eigenvalue weighted by molar-refractivity contribution is -0.136. The summed E-state index contributed by atoms with van der Waals surface area (Å²) in [7, 11) is 0. The molecule has 0 bridgehead atoms. The molecule has 0 fully saturated rings. The number of nitrogen functional groups attached to an aromatic ring is 1. The van der Waals surface area contributed by atoms with Gasteiger partial charge in [-0.15, -0.1) is 0 Å². The van der Waals surface area contributed by atoms with E-state index in [1.807, 2.05) is 0 Å². The highest BCUT2D eigenvalue weighted by Crippen LogP contribution is 2.25. The number of carbonyl (C=O) groups is 1. The standard InChI is InChI=1S/C8H7F3N2O2/c9-6-3(1-5(14)15)4(12)2-13-7(6)8(10)11/h2,8H,1,12H2,(H,14,15). The molecule has 0 aliphatic rings. The molecular weight excluding hydrogens is 213 g/mol. The molecule has 0 aromatic carbocycles. The van der Waals surface area contributed by atoms with Crippen LogP contribution in [0.2, 0.25) is 0 Å². The third-order valence-electron chi connectivity index (χ3n) is 1.72. The van der Waals surface area contributed by atoms with E-state index in [1.165, 1.54) is 0 Å². The summed E-state index contributed by atoms with van der Waals surface area (Å²) >= 11 is 0. The molecule has 0 atom stereocenters. The van der Waals surface area contributed by atoms with Gasteiger partial charge in [-0.05, 0) is 0 Å². The average molecular weight is 220 g/mol. The first-order valence-corrected chi connectivity index (χ1v) is 3.86. The van der Waals surface area contributed by atoms with E-state index in [0.717, 1.165) is 6.20 Å². The van der Waals surface area contributed by atoms with E-state index in [4.69, 9.17) is 10.8 Å². The van der Waals surface area contributed by atoms with Gasteiger partial charge in [-0.1, -0.05) is 0 Å². The monoisotopic (exact) mass is 220 g/mol. The molecule has 7 heteroatoms. The Bertz CT molecular complexity index is 396. The van der Waals surface area contributed by atoms with Gasteiger partial charge in [0.2, 0.25) is 0 Å². The van der Waals surface area contributed by atoms with Crippen LogP contribution in [0.1, 0.15) is 17.7 Å². The third-order valence-corrected chi connectivity index (χ3v) is 1.72. The lowest BCUT2D eigenvalue weighted by Crippen LogP contribution is -2.10. The highest BCUT2D eigenvalue weighted by Gasteiger charge is 2.21. The van der Waals surface area contributed by atoms with Crippen LogP contribution in [0.5, 0.6) is 0 Å². The van der Waals surface area contributed by atoms with Gasteiger partial charge in [0.05, 0.1) is 18.3 Å². The van der Waals surface area contributed by atoms with E-state index in [0.29, 0.717) is 0 Å². The van der Waals surface area contributed by atoms with Crippen LogP contribution in [0.3, 0.4) is 0 Å². The fourth-order valence-corrected chi connectivity index (χ4v) is 1.04. The van der Waals surface area contributed by atoms with Gasteiger partial charge in [-0.25, -0.2) is 18.2 Å². The summed E-state index contributed by atoms with van der Waals surface area (Å²) in [6.45, 7) is 0. The van der Waals surface area contributed by atoms with Crippen LogP contribution >= 0.6 is 0 Å². The summed E-state index contributed by atoms with van der Waals surface area (Å²) in [5.41, 5.74) is 3.43. The topological polar surface area (TPSA) is 76.2 Å². The summed E-state index contributed by atoms with van der Waals surface area (Å²) < 4.78 is 37.6. The van der Waals surface area contributed by atoms with E-state index in [1.54, 1.807) is 0 Å². The summed E-state index contributed by atoms with van der Waals surface area (Å²) in [5.74, 6) is -2.71. The maximum atomic E-state index is 13.3. The normalized spacial score (nSPS) is 10.7. The zero-order chi connectivity index (χ0) is 11.6. The largest absolute Gasteiger partial charge is 0.481 e. The van der Waals surface area contributed by atoms with Gasteiger partial charge in [-0.2, -0.15) is 0 Å². The lowest BCUT2D eigenvalue weighted by Gasteiger charge is -2.07. The van der Waals surface area contributed by atoms with Gasteiger partial charge in [-0.3, -0.25) is 4.79 Å². The smallest absolute Gasteiger partial charge is 0.308 e. The number of pyridine rings is 1.